The third kappa shape index (κ3) is 3.43. The summed E-state index contributed by atoms with van der Waals surface area (Å²) >= 11 is 3.22. The first-order valence-electron chi connectivity index (χ1n) is 7.83. The predicted octanol–water partition coefficient (Wildman–Crippen LogP) is 3.16. The molecule has 0 radical (unpaired) electrons. The summed E-state index contributed by atoms with van der Waals surface area (Å²) in [5.74, 6) is -0.492. The number of amides is 1. The van der Waals surface area contributed by atoms with Crippen LogP contribution in [0.15, 0.2) is 33.7 Å². The van der Waals surface area contributed by atoms with Crippen molar-refractivity contribution in [2.75, 3.05) is 0 Å². The van der Waals surface area contributed by atoms with Crippen LogP contribution in [0.5, 0.6) is 0 Å². The molecule has 1 fully saturated rings. The normalized spacial score (nSPS) is 14.0. The molecular weight excluding hydrogens is 375 g/mol. The molecule has 1 amide bonds. The molecule has 1 saturated carbocycles. The van der Waals surface area contributed by atoms with E-state index in [9.17, 15) is 14.0 Å². The van der Waals surface area contributed by atoms with E-state index >= 15 is 0 Å². The van der Waals surface area contributed by atoms with Gasteiger partial charge in [-0.25, -0.2) is 4.39 Å². The molecule has 0 spiro atoms. The van der Waals surface area contributed by atoms with Crippen LogP contribution in [-0.2, 0) is 13.0 Å². The van der Waals surface area contributed by atoms with Crippen molar-refractivity contribution in [1.82, 2.24) is 4.57 Å². The summed E-state index contributed by atoms with van der Waals surface area (Å²) in [4.78, 5) is 24.4. The number of rotatable bonds is 5. The molecule has 0 atom stereocenters. The van der Waals surface area contributed by atoms with Crippen LogP contribution in [0.1, 0.15) is 39.9 Å². The molecule has 2 N–H and O–H groups in total. The molecule has 3 rings (SSSR count). The maximum atomic E-state index is 14.1. The highest BCUT2D eigenvalue weighted by atomic mass is 79.9. The number of hydrogen-bond donors (Lipinski definition) is 1. The van der Waals surface area contributed by atoms with Gasteiger partial charge >= 0.3 is 0 Å². The van der Waals surface area contributed by atoms with Gasteiger partial charge in [0.2, 0.25) is 5.91 Å². The van der Waals surface area contributed by atoms with Crippen LogP contribution in [0.3, 0.4) is 0 Å². The van der Waals surface area contributed by atoms with E-state index in [0.717, 1.165) is 12.8 Å². The lowest BCUT2D eigenvalue weighted by Gasteiger charge is -2.15. The van der Waals surface area contributed by atoms with Crippen LogP contribution in [0.25, 0.3) is 0 Å². The van der Waals surface area contributed by atoms with Gasteiger partial charge in [0.25, 0.3) is 5.56 Å². The molecule has 0 bridgehead atoms. The zero-order chi connectivity index (χ0) is 17.4. The van der Waals surface area contributed by atoms with Gasteiger partial charge in [0.15, 0.2) is 0 Å². The molecule has 4 nitrogen and oxygen atoms in total. The second-order valence-corrected chi connectivity index (χ2v) is 7.24. The quantitative estimate of drug-likeness (QED) is 0.848. The number of carbonyl (C=O) groups excluding carboxylic acids is 1. The standard InChI is InChI=1S/C18H18BrFN2O2/c1-10-14(6-12-4-5-13(19)7-16(12)20)15(17(21)23)9-22(18(10)24)8-11-2-3-11/h4-5,7,9,11H,2-3,6,8H2,1H3,(H2,21,23). The number of carbonyl (C=O) groups is 1. The molecule has 126 valence electrons. The Hall–Kier alpha value is -1.95. The number of pyridine rings is 1. The Labute approximate surface area is 147 Å². The average Bonchev–Trinajstić information content (AvgIpc) is 3.32. The van der Waals surface area contributed by atoms with E-state index in [-0.39, 0.29) is 23.4 Å². The molecule has 0 aliphatic heterocycles. The van der Waals surface area contributed by atoms with E-state index < -0.39 is 5.91 Å². The summed E-state index contributed by atoms with van der Waals surface area (Å²) in [6, 6.07) is 4.73. The van der Waals surface area contributed by atoms with Gasteiger partial charge in [0, 0.05) is 29.2 Å². The number of benzene rings is 1. The minimum Gasteiger partial charge on any atom is -0.366 e. The van der Waals surface area contributed by atoms with Gasteiger partial charge in [-0.15, -0.1) is 0 Å². The summed E-state index contributed by atoms with van der Waals surface area (Å²) < 4.78 is 16.3. The topological polar surface area (TPSA) is 65.1 Å². The Bertz CT molecular complexity index is 872. The molecular formula is C18H18BrFN2O2. The summed E-state index contributed by atoms with van der Waals surface area (Å²) in [5, 5.41) is 0. The van der Waals surface area contributed by atoms with E-state index in [1.165, 1.54) is 12.3 Å². The molecule has 0 saturated heterocycles. The molecule has 24 heavy (non-hydrogen) atoms. The second-order valence-electron chi connectivity index (χ2n) is 6.32. The van der Waals surface area contributed by atoms with Gasteiger partial charge in [0.1, 0.15) is 5.82 Å². The fourth-order valence-corrected chi connectivity index (χ4v) is 3.18. The molecule has 1 aliphatic carbocycles. The van der Waals surface area contributed by atoms with Gasteiger partial charge < -0.3 is 10.3 Å². The highest BCUT2D eigenvalue weighted by Crippen LogP contribution is 2.30. The first-order chi connectivity index (χ1) is 11.4. The third-order valence-corrected chi connectivity index (χ3v) is 4.94. The van der Waals surface area contributed by atoms with Gasteiger partial charge in [-0.2, -0.15) is 0 Å². The number of nitrogens with zero attached hydrogens (tertiary/aromatic N) is 1. The zero-order valence-electron chi connectivity index (χ0n) is 13.3. The zero-order valence-corrected chi connectivity index (χ0v) is 14.9. The first-order valence-corrected chi connectivity index (χ1v) is 8.62. The number of aromatic nitrogens is 1. The van der Waals surface area contributed by atoms with Crippen molar-refractivity contribution in [1.29, 1.82) is 0 Å². The number of halogens is 2. The third-order valence-electron chi connectivity index (χ3n) is 4.44. The minimum atomic E-state index is -0.602. The fourth-order valence-electron chi connectivity index (χ4n) is 2.85. The van der Waals surface area contributed by atoms with E-state index in [2.05, 4.69) is 15.9 Å². The van der Waals surface area contributed by atoms with Crippen LogP contribution < -0.4 is 11.3 Å². The van der Waals surface area contributed by atoms with Crippen LogP contribution in [-0.4, -0.2) is 10.5 Å². The first kappa shape index (κ1) is 16.9. The SMILES string of the molecule is Cc1c(Cc2ccc(Br)cc2F)c(C(N)=O)cn(CC2CC2)c1=O. The Balaban J connectivity index is 2.06. The largest absolute Gasteiger partial charge is 0.366 e. The predicted molar refractivity (Wildman–Crippen MR) is 93.6 cm³/mol. The van der Waals surface area contributed by atoms with Crippen molar-refractivity contribution in [3.05, 3.63) is 67.3 Å². The second kappa shape index (κ2) is 6.51. The number of nitrogens with two attached hydrogens (primary N) is 1. The van der Waals surface area contributed by atoms with Crippen molar-refractivity contribution in [2.45, 2.75) is 32.7 Å². The molecule has 1 aromatic carbocycles. The highest BCUT2D eigenvalue weighted by molar-refractivity contribution is 9.10. The van der Waals surface area contributed by atoms with Crippen molar-refractivity contribution >= 4 is 21.8 Å². The molecule has 6 heteroatoms. The molecule has 1 aliphatic rings. The minimum absolute atomic E-state index is 0.139. The Morgan fingerprint density at radius 1 is 1.42 bits per heavy atom. The van der Waals surface area contributed by atoms with Crippen LogP contribution >= 0.6 is 15.9 Å². The summed E-state index contributed by atoms with van der Waals surface area (Å²) in [5.41, 5.74) is 7.03. The van der Waals surface area contributed by atoms with Gasteiger partial charge in [-0.3, -0.25) is 9.59 Å². The van der Waals surface area contributed by atoms with Crippen LogP contribution in [0.4, 0.5) is 4.39 Å². The Morgan fingerprint density at radius 3 is 2.71 bits per heavy atom. The lowest BCUT2D eigenvalue weighted by atomic mass is 9.96. The average molecular weight is 393 g/mol. The van der Waals surface area contributed by atoms with E-state index in [1.807, 2.05) is 0 Å². The maximum absolute atomic E-state index is 14.1. The Morgan fingerprint density at radius 2 is 2.12 bits per heavy atom. The molecule has 2 aromatic rings. The van der Waals surface area contributed by atoms with Crippen molar-refractivity contribution < 1.29 is 9.18 Å². The Kier molecular flexibility index (Phi) is 4.58. The highest BCUT2D eigenvalue weighted by Gasteiger charge is 2.24. The monoisotopic (exact) mass is 392 g/mol. The van der Waals surface area contributed by atoms with Crippen molar-refractivity contribution in [3.63, 3.8) is 0 Å². The van der Waals surface area contributed by atoms with Crippen molar-refractivity contribution in [3.8, 4) is 0 Å². The van der Waals surface area contributed by atoms with E-state index in [0.29, 0.717) is 33.6 Å². The summed E-state index contributed by atoms with van der Waals surface area (Å²) in [6.45, 7) is 2.27. The van der Waals surface area contributed by atoms with Crippen molar-refractivity contribution in [2.24, 2.45) is 11.7 Å². The molecule has 0 unspecified atom stereocenters. The van der Waals surface area contributed by atoms with E-state index in [4.69, 9.17) is 5.73 Å². The molecule has 1 aromatic heterocycles. The summed E-state index contributed by atoms with van der Waals surface area (Å²) in [6.07, 6.45) is 3.89. The fraction of sp³-hybridized carbons (Fsp3) is 0.333. The lowest BCUT2D eigenvalue weighted by molar-refractivity contribution is 0.0998. The van der Waals surface area contributed by atoms with Crippen LogP contribution in [0, 0.1) is 18.7 Å². The maximum Gasteiger partial charge on any atom is 0.253 e. The number of primary amides is 1. The number of hydrogen-bond acceptors (Lipinski definition) is 2. The summed E-state index contributed by atoms with van der Waals surface area (Å²) in [7, 11) is 0. The van der Waals surface area contributed by atoms with Gasteiger partial charge in [-0.05, 0) is 48.9 Å². The van der Waals surface area contributed by atoms with Crippen LogP contribution in [0.2, 0.25) is 0 Å². The smallest absolute Gasteiger partial charge is 0.253 e. The lowest BCUT2D eigenvalue weighted by Crippen LogP contribution is -2.28. The van der Waals surface area contributed by atoms with E-state index in [1.54, 1.807) is 23.6 Å². The van der Waals surface area contributed by atoms with Gasteiger partial charge in [0.05, 0.1) is 5.56 Å². The molecule has 1 heterocycles. The van der Waals surface area contributed by atoms with Gasteiger partial charge in [-0.1, -0.05) is 22.0 Å².